The number of anilines is 1. The summed E-state index contributed by atoms with van der Waals surface area (Å²) in [6.07, 6.45) is 3.40. The smallest absolute Gasteiger partial charge is 0.243 e. The Bertz CT molecular complexity index is 533. The highest BCUT2D eigenvalue weighted by Crippen LogP contribution is 2.18. The van der Waals surface area contributed by atoms with Crippen molar-refractivity contribution in [1.82, 2.24) is 10.2 Å². The lowest BCUT2D eigenvalue weighted by Gasteiger charge is -2.26. The Morgan fingerprint density at radius 1 is 1.28 bits per heavy atom. The van der Waals surface area contributed by atoms with E-state index in [1.165, 1.54) is 0 Å². The maximum Gasteiger partial charge on any atom is 0.243 e. The lowest BCUT2D eigenvalue weighted by Crippen LogP contribution is -2.43. The maximum atomic E-state index is 12.0. The molecule has 1 fully saturated rings. The molecule has 1 aliphatic heterocycles. The number of nitrogens with zero attached hydrogens (tertiary/aromatic N) is 2. The highest BCUT2D eigenvalue weighted by atomic mass is 127. The number of carbonyl (C=O) groups excluding carboxylic acids is 1. The average Bonchev–Trinajstić information content (AvgIpc) is 2.62. The molecule has 2 rings (SSSR count). The molecule has 7 heteroatoms. The first kappa shape index (κ1) is 21.7. The number of amides is 1. The molecule has 0 saturated carbocycles. The summed E-state index contributed by atoms with van der Waals surface area (Å²) in [4.78, 5) is 18.3. The molecule has 1 amide bonds. The van der Waals surface area contributed by atoms with Crippen LogP contribution in [0.1, 0.15) is 19.3 Å². The van der Waals surface area contributed by atoms with Crippen LogP contribution in [0.5, 0.6) is 0 Å². The van der Waals surface area contributed by atoms with Crippen LogP contribution in [0.3, 0.4) is 0 Å². The van der Waals surface area contributed by atoms with Gasteiger partial charge in [0.05, 0.1) is 6.54 Å². The molecule has 1 aromatic rings. The van der Waals surface area contributed by atoms with E-state index in [9.17, 15) is 4.79 Å². The minimum absolute atomic E-state index is 0. The van der Waals surface area contributed by atoms with Crippen molar-refractivity contribution in [3.8, 4) is 0 Å². The number of benzene rings is 1. The Morgan fingerprint density at radius 3 is 2.60 bits per heavy atom. The fourth-order valence-electron chi connectivity index (χ4n) is 2.79. The van der Waals surface area contributed by atoms with Gasteiger partial charge in [0.1, 0.15) is 0 Å². The van der Waals surface area contributed by atoms with Crippen molar-refractivity contribution in [2.45, 2.75) is 19.3 Å². The molecule has 0 radical (unpaired) electrons. The van der Waals surface area contributed by atoms with Gasteiger partial charge in [-0.05, 0) is 37.3 Å². The summed E-state index contributed by atoms with van der Waals surface area (Å²) in [6, 6.07) is 9.45. The minimum atomic E-state index is -0.0832. The Kier molecular flexibility index (Phi) is 10.5. The van der Waals surface area contributed by atoms with E-state index in [4.69, 9.17) is 4.74 Å². The Balaban J connectivity index is 0.00000312. The molecule has 140 valence electrons. The van der Waals surface area contributed by atoms with Gasteiger partial charge in [-0.1, -0.05) is 18.2 Å². The van der Waals surface area contributed by atoms with Gasteiger partial charge >= 0.3 is 0 Å². The molecule has 2 N–H and O–H groups in total. The van der Waals surface area contributed by atoms with Crippen LogP contribution < -0.4 is 10.6 Å². The largest absolute Gasteiger partial charge is 0.381 e. The van der Waals surface area contributed by atoms with E-state index >= 15 is 0 Å². The average molecular weight is 460 g/mol. The molecule has 1 heterocycles. The highest BCUT2D eigenvalue weighted by molar-refractivity contribution is 14.0. The quantitative estimate of drug-likeness (QED) is 0.389. The van der Waals surface area contributed by atoms with Crippen LogP contribution >= 0.6 is 24.0 Å². The lowest BCUT2D eigenvalue weighted by atomic mass is 9.96. The summed E-state index contributed by atoms with van der Waals surface area (Å²) in [5.41, 5.74) is 0.798. The molecule has 1 aromatic carbocycles. The second-order valence-electron chi connectivity index (χ2n) is 6.08. The number of ether oxygens (including phenoxy) is 1. The fraction of sp³-hybridized carbons (Fsp3) is 0.556. The number of aliphatic imine (C=N–C) groups is 1. The van der Waals surface area contributed by atoms with Gasteiger partial charge in [0, 0.05) is 39.5 Å². The van der Waals surface area contributed by atoms with Gasteiger partial charge in [-0.15, -0.1) is 24.0 Å². The van der Waals surface area contributed by atoms with Crippen molar-refractivity contribution in [2.24, 2.45) is 10.9 Å². The van der Waals surface area contributed by atoms with Gasteiger partial charge in [-0.3, -0.25) is 9.79 Å². The molecule has 0 aromatic heterocycles. The normalized spacial score (nSPS) is 15.2. The van der Waals surface area contributed by atoms with Crippen molar-refractivity contribution in [1.29, 1.82) is 0 Å². The van der Waals surface area contributed by atoms with Gasteiger partial charge in [0.25, 0.3) is 0 Å². The summed E-state index contributed by atoms with van der Waals surface area (Å²) in [6.45, 7) is 2.87. The third-order valence-corrected chi connectivity index (χ3v) is 4.25. The SMILES string of the molecule is CN=C(NCC(=O)Nc1ccccc1)N(C)CCC1CCOCC1.I. The van der Waals surface area contributed by atoms with E-state index in [1.807, 2.05) is 37.4 Å². The maximum absolute atomic E-state index is 12.0. The molecule has 0 atom stereocenters. The number of halogens is 1. The monoisotopic (exact) mass is 460 g/mol. The van der Waals surface area contributed by atoms with Crippen LogP contribution in [0.4, 0.5) is 5.69 Å². The van der Waals surface area contributed by atoms with Gasteiger partial charge < -0.3 is 20.3 Å². The zero-order valence-corrected chi connectivity index (χ0v) is 17.4. The van der Waals surface area contributed by atoms with Crippen LogP contribution in [0.2, 0.25) is 0 Å². The van der Waals surface area contributed by atoms with Crippen LogP contribution in [-0.4, -0.2) is 57.2 Å². The molecule has 25 heavy (non-hydrogen) atoms. The molecule has 0 bridgehead atoms. The second-order valence-corrected chi connectivity index (χ2v) is 6.08. The molecule has 0 unspecified atom stereocenters. The minimum Gasteiger partial charge on any atom is -0.381 e. The van der Waals surface area contributed by atoms with Crippen molar-refractivity contribution in [3.63, 3.8) is 0 Å². The van der Waals surface area contributed by atoms with Crippen LogP contribution in [0, 0.1) is 5.92 Å². The van der Waals surface area contributed by atoms with E-state index in [0.29, 0.717) is 0 Å². The van der Waals surface area contributed by atoms with E-state index < -0.39 is 0 Å². The van der Waals surface area contributed by atoms with Gasteiger partial charge in [-0.2, -0.15) is 0 Å². The molecular weight excluding hydrogens is 431 g/mol. The van der Waals surface area contributed by atoms with Crippen molar-refractivity contribution >= 4 is 41.5 Å². The van der Waals surface area contributed by atoms with Crippen molar-refractivity contribution in [2.75, 3.05) is 45.7 Å². The van der Waals surface area contributed by atoms with E-state index in [0.717, 1.165) is 56.6 Å². The predicted octanol–water partition coefficient (Wildman–Crippen LogP) is 2.57. The van der Waals surface area contributed by atoms with E-state index in [-0.39, 0.29) is 36.4 Å². The van der Waals surface area contributed by atoms with Gasteiger partial charge in [-0.25, -0.2) is 0 Å². The van der Waals surface area contributed by atoms with Crippen LogP contribution in [-0.2, 0) is 9.53 Å². The third kappa shape index (κ3) is 8.04. The Labute approximate surface area is 167 Å². The number of rotatable bonds is 6. The molecule has 0 spiro atoms. The molecule has 0 aliphatic carbocycles. The highest BCUT2D eigenvalue weighted by Gasteiger charge is 2.15. The molecular formula is C18H29IN4O2. The van der Waals surface area contributed by atoms with E-state index in [1.54, 1.807) is 7.05 Å². The fourth-order valence-corrected chi connectivity index (χ4v) is 2.79. The molecule has 1 saturated heterocycles. The number of hydrogen-bond acceptors (Lipinski definition) is 3. The summed E-state index contributed by atoms with van der Waals surface area (Å²) in [7, 11) is 3.74. The summed E-state index contributed by atoms with van der Waals surface area (Å²) in [5, 5.41) is 5.97. The summed E-state index contributed by atoms with van der Waals surface area (Å²) < 4.78 is 5.39. The van der Waals surface area contributed by atoms with Crippen LogP contribution in [0.25, 0.3) is 0 Å². The Morgan fingerprint density at radius 2 is 1.96 bits per heavy atom. The van der Waals surface area contributed by atoms with Crippen molar-refractivity contribution in [3.05, 3.63) is 30.3 Å². The van der Waals surface area contributed by atoms with E-state index in [2.05, 4.69) is 20.5 Å². The lowest BCUT2D eigenvalue weighted by molar-refractivity contribution is -0.115. The number of carbonyl (C=O) groups is 1. The number of hydrogen-bond donors (Lipinski definition) is 2. The molecule has 6 nitrogen and oxygen atoms in total. The predicted molar refractivity (Wildman–Crippen MR) is 113 cm³/mol. The summed E-state index contributed by atoms with van der Waals surface area (Å²) >= 11 is 0. The standard InChI is InChI=1S/C18H28N4O2.HI/c1-19-18(22(2)11-8-15-9-12-24-13-10-15)20-14-17(23)21-16-6-4-3-5-7-16;/h3-7,15H,8-14H2,1-2H3,(H,19,20)(H,21,23);1H. The first-order valence-corrected chi connectivity index (χ1v) is 8.53. The molecule has 1 aliphatic rings. The van der Waals surface area contributed by atoms with Crippen LogP contribution in [0.15, 0.2) is 35.3 Å². The van der Waals surface area contributed by atoms with Gasteiger partial charge in [0.15, 0.2) is 5.96 Å². The number of nitrogens with one attached hydrogen (secondary N) is 2. The first-order chi connectivity index (χ1) is 11.7. The second kappa shape index (κ2) is 12.1. The summed E-state index contributed by atoms with van der Waals surface area (Å²) in [5.74, 6) is 1.38. The third-order valence-electron chi connectivity index (χ3n) is 4.25. The number of para-hydroxylation sites is 1. The first-order valence-electron chi connectivity index (χ1n) is 8.53. The zero-order valence-electron chi connectivity index (χ0n) is 15.0. The topological polar surface area (TPSA) is 66.0 Å². The Hall–Kier alpha value is -1.35. The number of guanidine groups is 1. The van der Waals surface area contributed by atoms with Gasteiger partial charge in [0.2, 0.25) is 5.91 Å². The van der Waals surface area contributed by atoms with Crippen molar-refractivity contribution < 1.29 is 9.53 Å². The zero-order chi connectivity index (χ0) is 17.2.